The molecule has 0 unspecified atom stereocenters. The quantitative estimate of drug-likeness (QED) is 0.857. The fraction of sp³-hybridized carbons (Fsp3) is 0.417. The Hall–Kier alpha value is -1.000. The van der Waals surface area contributed by atoms with Crippen molar-refractivity contribution >= 4 is 30.1 Å². The molecule has 1 aliphatic heterocycles. The number of carbonyl (C=O) groups excluding carboxylic acids is 1. The lowest BCUT2D eigenvalue weighted by Crippen LogP contribution is -2.47. The summed E-state index contributed by atoms with van der Waals surface area (Å²) in [6.45, 7) is 4.07. The van der Waals surface area contributed by atoms with Gasteiger partial charge in [-0.3, -0.25) is 0 Å². The Morgan fingerprint density at radius 2 is 2.17 bits per heavy atom. The van der Waals surface area contributed by atoms with Crippen LogP contribution in [-0.2, 0) is 4.74 Å². The van der Waals surface area contributed by atoms with Crippen LogP contribution in [0.4, 0.5) is 9.18 Å². The minimum atomic E-state index is -0.524. The molecule has 3 nitrogen and oxygen atoms in total. The van der Waals surface area contributed by atoms with Gasteiger partial charge < -0.3 is 10.1 Å². The van der Waals surface area contributed by atoms with Gasteiger partial charge in [0.25, 0.3) is 0 Å². The molecule has 0 spiro atoms. The van der Waals surface area contributed by atoms with Crippen LogP contribution < -0.4 is 5.32 Å². The van der Waals surface area contributed by atoms with Crippen molar-refractivity contribution in [2.24, 2.45) is 5.41 Å². The van der Waals surface area contributed by atoms with E-state index in [1.54, 1.807) is 12.1 Å². The lowest BCUT2D eigenvalue weighted by atomic mass is 9.80. The first-order valence-electron chi connectivity index (χ1n) is 5.28. The van der Waals surface area contributed by atoms with Gasteiger partial charge >= 0.3 is 6.09 Å². The van der Waals surface area contributed by atoms with E-state index in [-0.39, 0.29) is 24.4 Å². The number of carbonyl (C=O) groups is 1. The Kier molecular flexibility index (Phi) is 4.46. The highest BCUT2D eigenvalue weighted by atomic mass is 35.5. The van der Waals surface area contributed by atoms with Gasteiger partial charge in [0, 0.05) is 16.0 Å². The molecule has 1 fully saturated rings. The number of hydrogen-bond acceptors (Lipinski definition) is 2. The number of alkyl carbamates (subject to hydrolysis) is 1. The van der Waals surface area contributed by atoms with Crippen LogP contribution in [0.2, 0.25) is 5.02 Å². The van der Waals surface area contributed by atoms with Gasteiger partial charge in [-0.05, 0) is 12.1 Å². The maximum absolute atomic E-state index is 13.8. The molecule has 1 atom stereocenters. The maximum atomic E-state index is 13.8. The van der Waals surface area contributed by atoms with Gasteiger partial charge in [0.1, 0.15) is 12.4 Å². The van der Waals surface area contributed by atoms with E-state index in [0.29, 0.717) is 10.6 Å². The number of nitrogens with one attached hydrogen (secondary N) is 1. The number of benzene rings is 1. The van der Waals surface area contributed by atoms with Crippen LogP contribution >= 0.6 is 24.0 Å². The van der Waals surface area contributed by atoms with Crippen molar-refractivity contribution in [3.8, 4) is 0 Å². The monoisotopic (exact) mass is 293 g/mol. The van der Waals surface area contributed by atoms with Crippen LogP contribution in [0.3, 0.4) is 0 Å². The minimum absolute atomic E-state index is 0. The molecule has 0 aliphatic carbocycles. The number of halogens is 3. The van der Waals surface area contributed by atoms with Crippen molar-refractivity contribution in [2.75, 3.05) is 6.61 Å². The van der Waals surface area contributed by atoms with E-state index < -0.39 is 18.0 Å². The molecular weight excluding hydrogens is 280 g/mol. The summed E-state index contributed by atoms with van der Waals surface area (Å²) < 4.78 is 18.7. The zero-order valence-corrected chi connectivity index (χ0v) is 11.6. The number of amides is 1. The van der Waals surface area contributed by atoms with Crippen molar-refractivity contribution in [3.05, 3.63) is 34.6 Å². The highest BCUT2D eigenvalue weighted by Gasteiger charge is 2.39. The van der Waals surface area contributed by atoms with E-state index in [1.807, 2.05) is 13.8 Å². The van der Waals surface area contributed by atoms with Crippen LogP contribution in [0.5, 0.6) is 0 Å². The average molecular weight is 294 g/mol. The van der Waals surface area contributed by atoms with Crippen LogP contribution in [-0.4, -0.2) is 12.7 Å². The summed E-state index contributed by atoms with van der Waals surface area (Å²) in [5.41, 5.74) is 0.0545. The summed E-state index contributed by atoms with van der Waals surface area (Å²) in [5, 5.41) is 2.97. The van der Waals surface area contributed by atoms with E-state index in [1.165, 1.54) is 6.07 Å². The Labute approximate surface area is 116 Å². The molecule has 0 bridgehead atoms. The molecule has 1 aliphatic rings. The summed E-state index contributed by atoms with van der Waals surface area (Å²) in [6, 6.07) is 4.03. The van der Waals surface area contributed by atoms with E-state index in [0.717, 1.165) is 0 Å². The van der Waals surface area contributed by atoms with Crippen LogP contribution in [0, 0.1) is 11.2 Å². The lowest BCUT2D eigenvalue weighted by molar-refractivity contribution is 0.0378. The highest BCUT2D eigenvalue weighted by Crippen LogP contribution is 2.37. The maximum Gasteiger partial charge on any atom is 0.407 e. The van der Waals surface area contributed by atoms with Gasteiger partial charge in [-0.25, -0.2) is 9.18 Å². The molecule has 2 rings (SSSR count). The predicted molar refractivity (Wildman–Crippen MR) is 69.7 cm³/mol. The third-order valence-corrected chi connectivity index (χ3v) is 3.13. The SMILES string of the molecule is CC1(C)COC(=O)N[C@@H]1c1ccc(Cl)cc1F.Cl. The zero-order valence-electron chi connectivity index (χ0n) is 10.00. The topological polar surface area (TPSA) is 38.3 Å². The van der Waals surface area contributed by atoms with E-state index in [4.69, 9.17) is 16.3 Å². The Bertz CT molecular complexity index is 465. The Balaban J connectivity index is 0.00000162. The van der Waals surface area contributed by atoms with Crippen molar-refractivity contribution in [2.45, 2.75) is 19.9 Å². The first kappa shape index (κ1) is 15.1. The number of cyclic esters (lactones) is 1. The fourth-order valence-electron chi connectivity index (χ4n) is 1.92. The first-order valence-corrected chi connectivity index (χ1v) is 5.66. The molecular formula is C12H14Cl2FNO2. The predicted octanol–water partition coefficient (Wildman–Crippen LogP) is 3.71. The summed E-state index contributed by atoms with van der Waals surface area (Å²) >= 11 is 5.70. The van der Waals surface area contributed by atoms with Crippen LogP contribution in [0.1, 0.15) is 25.5 Å². The third-order valence-electron chi connectivity index (χ3n) is 2.89. The van der Waals surface area contributed by atoms with Crippen molar-refractivity contribution < 1.29 is 13.9 Å². The molecule has 1 aromatic rings. The van der Waals surface area contributed by atoms with Gasteiger partial charge in [-0.2, -0.15) is 0 Å². The van der Waals surface area contributed by atoms with E-state index in [9.17, 15) is 9.18 Å². The first-order chi connectivity index (χ1) is 7.90. The van der Waals surface area contributed by atoms with Crippen LogP contribution in [0.15, 0.2) is 18.2 Å². The molecule has 1 amide bonds. The minimum Gasteiger partial charge on any atom is -0.449 e. The molecule has 1 saturated heterocycles. The molecule has 0 radical (unpaired) electrons. The summed E-state index contributed by atoms with van der Waals surface area (Å²) in [6.07, 6.45) is -0.524. The Morgan fingerprint density at radius 3 is 2.78 bits per heavy atom. The van der Waals surface area contributed by atoms with Crippen molar-refractivity contribution in [3.63, 3.8) is 0 Å². The molecule has 0 aromatic heterocycles. The van der Waals surface area contributed by atoms with Gasteiger partial charge in [-0.1, -0.05) is 31.5 Å². The second-order valence-corrected chi connectivity index (χ2v) is 5.24. The summed E-state index contributed by atoms with van der Waals surface area (Å²) in [4.78, 5) is 11.2. The normalized spacial score (nSPS) is 21.6. The second-order valence-electron chi connectivity index (χ2n) is 4.81. The lowest BCUT2D eigenvalue weighted by Gasteiger charge is -2.38. The molecule has 18 heavy (non-hydrogen) atoms. The standard InChI is InChI=1S/C12H13ClFNO2.ClH/c1-12(2)6-17-11(16)15-10(12)8-4-3-7(13)5-9(8)14;/h3-5,10H,6H2,1-2H3,(H,15,16);1H/t10-;/m1./s1. The van der Waals surface area contributed by atoms with E-state index >= 15 is 0 Å². The molecule has 0 saturated carbocycles. The second kappa shape index (κ2) is 5.33. The third kappa shape index (κ3) is 2.87. The number of ether oxygens (including phenoxy) is 1. The highest BCUT2D eigenvalue weighted by molar-refractivity contribution is 6.30. The van der Waals surface area contributed by atoms with Gasteiger partial charge in [0.05, 0.1) is 6.04 Å². The summed E-state index contributed by atoms with van der Waals surface area (Å²) in [5.74, 6) is -0.419. The number of rotatable bonds is 1. The van der Waals surface area contributed by atoms with Crippen molar-refractivity contribution in [1.29, 1.82) is 0 Å². The fourth-order valence-corrected chi connectivity index (χ4v) is 2.08. The average Bonchev–Trinajstić information content (AvgIpc) is 2.23. The van der Waals surface area contributed by atoms with Gasteiger partial charge in [0.2, 0.25) is 0 Å². The van der Waals surface area contributed by atoms with E-state index in [2.05, 4.69) is 5.32 Å². The van der Waals surface area contributed by atoms with Crippen LogP contribution in [0.25, 0.3) is 0 Å². The number of hydrogen-bond donors (Lipinski definition) is 1. The Morgan fingerprint density at radius 1 is 1.50 bits per heavy atom. The van der Waals surface area contributed by atoms with Gasteiger partial charge in [-0.15, -0.1) is 12.4 Å². The molecule has 1 heterocycles. The molecule has 100 valence electrons. The van der Waals surface area contributed by atoms with Crippen molar-refractivity contribution in [1.82, 2.24) is 5.32 Å². The zero-order chi connectivity index (χ0) is 12.6. The van der Waals surface area contributed by atoms with Gasteiger partial charge in [0.15, 0.2) is 0 Å². The summed E-state index contributed by atoms with van der Waals surface area (Å²) in [7, 11) is 0. The largest absolute Gasteiger partial charge is 0.449 e. The molecule has 1 aromatic carbocycles. The molecule has 1 N–H and O–H groups in total. The molecule has 6 heteroatoms. The smallest absolute Gasteiger partial charge is 0.407 e.